The van der Waals surface area contributed by atoms with Gasteiger partial charge in [-0.3, -0.25) is 14.9 Å². The molecule has 0 bridgehead atoms. The summed E-state index contributed by atoms with van der Waals surface area (Å²) in [5, 5.41) is 17.2. The van der Waals surface area contributed by atoms with Gasteiger partial charge in [-0.25, -0.2) is 15.0 Å². The van der Waals surface area contributed by atoms with E-state index in [2.05, 4.69) is 37.8 Å². The Kier molecular flexibility index (Phi) is 6.49. The summed E-state index contributed by atoms with van der Waals surface area (Å²) in [4.78, 5) is 41.0. The van der Waals surface area contributed by atoms with Crippen molar-refractivity contribution in [3.8, 4) is 11.1 Å². The third-order valence-corrected chi connectivity index (χ3v) is 6.87. The van der Waals surface area contributed by atoms with Gasteiger partial charge in [-0.2, -0.15) is 0 Å². The third kappa shape index (κ3) is 4.90. The van der Waals surface area contributed by atoms with Crippen molar-refractivity contribution in [2.75, 3.05) is 42.9 Å². The normalized spacial score (nSPS) is 13.7. The number of pyridine rings is 1. The summed E-state index contributed by atoms with van der Waals surface area (Å²) in [5.41, 5.74) is 2.15. The van der Waals surface area contributed by atoms with Crippen LogP contribution in [0.4, 0.5) is 17.3 Å². The van der Waals surface area contributed by atoms with E-state index in [0.717, 1.165) is 27.2 Å². The molecule has 0 aliphatic carbocycles. The molecular weight excluding hydrogens is 466 g/mol. The molecule has 1 N–H and O–H groups in total. The van der Waals surface area contributed by atoms with Gasteiger partial charge >= 0.3 is 0 Å². The van der Waals surface area contributed by atoms with E-state index in [1.165, 1.54) is 12.3 Å². The fourth-order valence-electron chi connectivity index (χ4n) is 4.14. The summed E-state index contributed by atoms with van der Waals surface area (Å²) in [6, 6.07) is 13.2. The number of nitrogens with zero attached hydrogens (tertiary/aromatic N) is 6. The zero-order valence-corrected chi connectivity index (χ0v) is 19.6. The van der Waals surface area contributed by atoms with Gasteiger partial charge < -0.3 is 15.1 Å². The molecule has 1 aliphatic heterocycles. The van der Waals surface area contributed by atoms with Crippen molar-refractivity contribution in [3.63, 3.8) is 0 Å². The van der Waals surface area contributed by atoms with Crippen LogP contribution < -0.4 is 10.2 Å². The predicted molar refractivity (Wildman–Crippen MR) is 136 cm³/mol. The zero-order chi connectivity index (χ0) is 24.2. The highest BCUT2D eigenvalue weighted by Crippen LogP contribution is 2.36. The Bertz CT molecular complexity index is 1340. The summed E-state index contributed by atoms with van der Waals surface area (Å²) >= 11 is 1.58. The van der Waals surface area contributed by atoms with Crippen LogP contribution in [0.1, 0.15) is 6.42 Å². The minimum atomic E-state index is -0.464. The first kappa shape index (κ1) is 22.7. The van der Waals surface area contributed by atoms with Crippen LogP contribution in [0.15, 0.2) is 60.4 Å². The fourth-order valence-corrected chi connectivity index (χ4v) is 5.06. The van der Waals surface area contributed by atoms with Gasteiger partial charge in [-0.15, -0.1) is 11.3 Å². The Balaban J connectivity index is 1.17. The number of nitrogens with one attached hydrogen (secondary N) is 1. The Morgan fingerprint density at radius 2 is 1.86 bits per heavy atom. The lowest BCUT2D eigenvalue weighted by molar-refractivity contribution is -0.385. The number of carbonyl (C=O) groups excluding carboxylic acids is 1. The summed E-state index contributed by atoms with van der Waals surface area (Å²) in [6.45, 7) is 2.90. The number of amides is 1. The van der Waals surface area contributed by atoms with E-state index >= 15 is 0 Å². The maximum Gasteiger partial charge on any atom is 0.287 e. The number of nitro groups is 1. The van der Waals surface area contributed by atoms with E-state index in [9.17, 15) is 14.9 Å². The van der Waals surface area contributed by atoms with Gasteiger partial charge in [0.1, 0.15) is 29.0 Å². The number of thiophene rings is 1. The lowest BCUT2D eigenvalue weighted by Crippen LogP contribution is -2.49. The Hall–Kier alpha value is -4.12. The molecule has 1 aliphatic rings. The van der Waals surface area contributed by atoms with Gasteiger partial charge in [0, 0.05) is 56.2 Å². The molecule has 1 aromatic carbocycles. The molecule has 1 fully saturated rings. The molecule has 0 unspecified atom stereocenters. The Morgan fingerprint density at radius 1 is 1.06 bits per heavy atom. The van der Waals surface area contributed by atoms with Gasteiger partial charge in [-0.1, -0.05) is 30.3 Å². The average Bonchev–Trinajstić information content (AvgIpc) is 3.34. The second-order valence-electron chi connectivity index (χ2n) is 8.09. The SMILES string of the molecule is O=C(CCNc1ncnc2scc(-c3ccccc3)c12)N1CCN(c2ccc([N+](=O)[O-])cn2)CC1. The highest BCUT2D eigenvalue weighted by Gasteiger charge is 2.22. The van der Waals surface area contributed by atoms with E-state index in [0.29, 0.717) is 45.0 Å². The van der Waals surface area contributed by atoms with Crippen molar-refractivity contribution in [2.24, 2.45) is 0 Å². The zero-order valence-electron chi connectivity index (χ0n) is 18.8. The molecule has 4 heterocycles. The van der Waals surface area contributed by atoms with Crippen LogP contribution in [0.3, 0.4) is 0 Å². The molecule has 178 valence electrons. The number of hydrogen-bond acceptors (Lipinski definition) is 9. The van der Waals surface area contributed by atoms with E-state index < -0.39 is 4.92 Å². The summed E-state index contributed by atoms with van der Waals surface area (Å²) in [5.74, 6) is 1.49. The van der Waals surface area contributed by atoms with E-state index in [1.54, 1.807) is 23.7 Å². The summed E-state index contributed by atoms with van der Waals surface area (Å²) < 4.78 is 0. The van der Waals surface area contributed by atoms with Gasteiger partial charge in [0.2, 0.25) is 5.91 Å². The number of aromatic nitrogens is 3. The largest absolute Gasteiger partial charge is 0.369 e. The summed E-state index contributed by atoms with van der Waals surface area (Å²) in [7, 11) is 0. The van der Waals surface area contributed by atoms with Crippen molar-refractivity contribution in [2.45, 2.75) is 6.42 Å². The molecule has 0 spiro atoms. The first-order valence-corrected chi connectivity index (χ1v) is 12.1. The van der Waals surface area contributed by atoms with Crippen molar-refractivity contribution in [3.05, 3.63) is 70.5 Å². The second-order valence-corrected chi connectivity index (χ2v) is 8.95. The van der Waals surface area contributed by atoms with Crippen molar-refractivity contribution in [1.29, 1.82) is 0 Å². The summed E-state index contributed by atoms with van der Waals surface area (Å²) in [6.07, 6.45) is 3.16. The van der Waals surface area contributed by atoms with Crippen LogP contribution >= 0.6 is 11.3 Å². The molecule has 1 amide bonds. The molecule has 0 radical (unpaired) electrons. The number of anilines is 2. The number of rotatable bonds is 7. The number of benzene rings is 1. The molecular formula is C24H23N7O3S. The molecule has 11 heteroatoms. The van der Waals surface area contributed by atoms with Crippen LogP contribution in [0.5, 0.6) is 0 Å². The first-order chi connectivity index (χ1) is 17.1. The molecule has 35 heavy (non-hydrogen) atoms. The number of piperazine rings is 1. The van der Waals surface area contributed by atoms with Crippen molar-refractivity contribution >= 4 is 44.8 Å². The third-order valence-electron chi connectivity index (χ3n) is 5.99. The average molecular weight is 490 g/mol. The van der Waals surface area contributed by atoms with Gasteiger partial charge in [-0.05, 0) is 11.6 Å². The maximum atomic E-state index is 12.8. The second kappa shape index (κ2) is 10.0. The Labute approximate surface area is 205 Å². The minimum Gasteiger partial charge on any atom is -0.369 e. The van der Waals surface area contributed by atoms with Crippen LogP contribution in [0.2, 0.25) is 0 Å². The quantitative estimate of drug-likeness (QED) is 0.308. The lowest BCUT2D eigenvalue weighted by atomic mass is 10.1. The van der Waals surface area contributed by atoms with Crippen LogP contribution in [-0.2, 0) is 4.79 Å². The van der Waals surface area contributed by atoms with E-state index in [-0.39, 0.29) is 11.6 Å². The molecule has 10 nitrogen and oxygen atoms in total. The smallest absolute Gasteiger partial charge is 0.287 e. The topological polar surface area (TPSA) is 117 Å². The molecule has 3 aromatic heterocycles. The fraction of sp³-hybridized carbons (Fsp3) is 0.250. The van der Waals surface area contributed by atoms with Gasteiger partial charge in [0.05, 0.1) is 10.3 Å². The highest BCUT2D eigenvalue weighted by atomic mass is 32.1. The van der Waals surface area contributed by atoms with Gasteiger partial charge in [0.25, 0.3) is 5.69 Å². The number of fused-ring (bicyclic) bond motifs is 1. The van der Waals surface area contributed by atoms with Crippen LogP contribution in [0.25, 0.3) is 21.3 Å². The van der Waals surface area contributed by atoms with E-state index in [4.69, 9.17) is 0 Å². The predicted octanol–water partition coefficient (Wildman–Crippen LogP) is 3.81. The minimum absolute atomic E-state index is 0.0330. The van der Waals surface area contributed by atoms with Crippen LogP contribution in [-0.4, -0.2) is 63.4 Å². The lowest BCUT2D eigenvalue weighted by Gasteiger charge is -2.35. The van der Waals surface area contributed by atoms with Crippen molar-refractivity contribution < 1.29 is 9.72 Å². The highest BCUT2D eigenvalue weighted by molar-refractivity contribution is 7.17. The first-order valence-electron chi connectivity index (χ1n) is 11.2. The number of carbonyl (C=O) groups is 1. The van der Waals surface area contributed by atoms with Crippen LogP contribution in [0, 0.1) is 10.1 Å². The van der Waals surface area contributed by atoms with Gasteiger partial charge in [0.15, 0.2) is 0 Å². The van der Waals surface area contributed by atoms with Crippen molar-refractivity contribution in [1.82, 2.24) is 19.9 Å². The maximum absolute atomic E-state index is 12.8. The Morgan fingerprint density at radius 3 is 2.57 bits per heavy atom. The standard InChI is InChI=1S/C24H23N7O3S/c32-21(30-12-10-29(11-13-30)20-7-6-18(14-26-20)31(33)34)8-9-25-23-22-19(17-4-2-1-3-5-17)15-35-24(22)28-16-27-23/h1-7,14-16H,8-13H2,(H,25,27,28). The molecule has 0 atom stereocenters. The molecule has 5 rings (SSSR count). The number of hydrogen-bond donors (Lipinski definition) is 1. The molecule has 1 saturated heterocycles. The molecule has 4 aromatic rings. The monoisotopic (exact) mass is 489 g/mol. The molecule has 0 saturated carbocycles. The van der Waals surface area contributed by atoms with E-state index in [1.807, 2.05) is 28.0 Å².